The molecule has 9 heteroatoms. The predicted molar refractivity (Wildman–Crippen MR) is 116 cm³/mol. The summed E-state index contributed by atoms with van der Waals surface area (Å²) in [6.45, 7) is 3.47. The van der Waals surface area contributed by atoms with E-state index in [0.717, 1.165) is 6.08 Å². The maximum atomic E-state index is 12.6. The van der Waals surface area contributed by atoms with Crippen LogP contribution < -0.4 is 15.5 Å². The van der Waals surface area contributed by atoms with Gasteiger partial charge in [-0.15, -0.1) is 0 Å². The van der Waals surface area contributed by atoms with E-state index in [1.165, 1.54) is 11.6 Å². The summed E-state index contributed by atoms with van der Waals surface area (Å²) in [6, 6.07) is 15.1. The third-order valence-corrected chi connectivity index (χ3v) is 4.46. The van der Waals surface area contributed by atoms with E-state index >= 15 is 0 Å². The number of nitriles is 1. The van der Waals surface area contributed by atoms with Crippen LogP contribution in [-0.4, -0.2) is 35.5 Å². The first kappa shape index (κ1) is 24.4. The van der Waals surface area contributed by atoms with Gasteiger partial charge < -0.3 is 14.6 Å². The lowest BCUT2D eigenvalue weighted by Gasteiger charge is -2.32. The van der Waals surface area contributed by atoms with E-state index in [-0.39, 0.29) is 13.2 Å². The van der Waals surface area contributed by atoms with Crippen LogP contribution >= 0.6 is 0 Å². The summed E-state index contributed by atoms with van der Waals surface area (Å²) in [5.74, 6) is -0.246. The normalized spacial score (nSPS) is 12.0. The summed E-state index contributed by atoms with van der Waals surface area (Å²) in [5.41, 5.74) is 2.14. The fourth-order valence-corrected chi connectivity index (χ4v) is 2.88. The van der Waals surface area contributed by atoms with E-state index in [2.05, 4.69) is 5.32 Å². The van der Waals surface area contributed by atoms with Crippen LogP contribution in [0.2, 0.25) is 0 Å². The van der Waals surface area contributed by atoms with Crippen molar-refractivity contribution in [1.29, 1.82) is 5.26 Å². The summed E-state index contributed by atoms with van der Waals surface area (Å²) < 4.78 is 11.2. The Morgan fingerprint density at radius 1 is 1.22 bits per heavy atom. The minimum atomic E-state index is -0.871. The molecule has 4 N–H and O–H groups in total. The van der Waals surface area contributed by atoms with Gasteiger partial charge in [-0.25, -0.2) is 10.3 Å². The second-order valence-corrected chi connectivity index (χ2v) is 7.37. The molecule has 9 nitrogen and oxygen atoms in total. The Hall–Kier alpha value is -3.87. The van der Waals surface area contributed by atoms with Gasteiger partial charge in [0.1, 0.15) is 18.5 Å². The third-order valence-electron chi connectivity index (χ3n) is 4.46. The van der Waals surface area contributed by atoms with Gasteiger partial charge in [0.25, 0.3) is 5.91 Å². The van der Waals surface area contributed by atoms with Crippen LogP contribution in [0.3, 0.4) is 0 Å². The number of aliphatic hydroxyl groups excluding tert-OH is 1. The Morgan fingerprint density at radius 3 is 2.56 bits per heavy atom. The second kappa shape index (κ2) is 11.5. The Labute approximate surface area is 185 Å². The van der Waals surface area contributed by atoms with Crippen molar-refractivity contribution in [2.45, 2.75) is 20.0 Å². The van der Waals surface area contributed by atoms with E-state index in [4.69, 9.17) is 25.0 Å². The molecule has 0 bridgehead atoms. The highest BCUT2D eigenvalue weighted by Gasteiger charge is 2.33. The van der Waals surface area contributed by atoms with Gasteiger partial charge in [-0.1, -0.05) is 32.1 Å². The van der Waals surface area contributed by atoms with Crippen molar-refractivity contribution in [1.82, 2.24) is 5.48 Å². The number of benzene rings is 2. The number of amides is 2. The molecule has 2 aromatic rings. The van der Waals surface area contributed by atoms with Crippen molar-refractivity contribution in [3.63, 3.8) is 0 Å². The molecule has 0 saturated heterocycles. The number of anilines is 1. The van der Waals surface area contributed by atoms with Crippen LogP contribution in [0.1, 0.15) is 31.1 Å². The number of hydrogen-bond acceptors (Lipinski definition) is 7. The van der Waals surface area contributed by atoms with Crippen LogP contribution in [0.25, 0.3) is 0 Å². The summed E-state index contributed by atoms with van der Waals surface area (Å²) >= 11 is 0. The van der Waals surface area contributed by atoms with Crippen molar-refractivity contribution >= 4 is 17.7 Å². The van der Waals surface area contributed by atoms with Gasteiger partial charge in [0.15, 0.2) is 0 Å². The van der Waals surface area contributed by atoms with Gasteiger partial charge in [-0.05, 0) is 42.0 Å². The van der Waals surface area contributed by atoms with Crippen LogP contribution in [0.4, 0.5) is 10.5 Å². The molecule has 0 aliphatic carbocycles. The number of carbonyl (C=O) groups is 2. The van der Waals surface area contributed by atoms with Crippen LogP contribution in [0.15, 0.2) is 60.7 Å². The molecule has 0 radical (unpaired) electrons. The monoisotopic (exact) mass is 439 g/mol. The molecule has 0 spiro atoms. The van der Waals surface area contributed by atoms with Crippen molar-refractivity contribution in [3.05, 3.63) is 71.8 Å². The number of carbonyl (C=O) groups excluding carboxylic acids is 2. The molecule has 2 amide bonds. The molecule has 0 aromatic heterocycles. The maximum absolute atomic E-state index is 12.6. The summed E-state index contributed by atoms with van der Waals surface area (Å²) in [4.78, 5) is 24.1. The first-order chi connectivity index (χ1) is 15.3. The van der Waals surface area contributed by atoms with Gasteiger partial charge in [0.2, 0.25) is 0 Å². The SMILES string of the molecule is CC(C)(/C=C/C(=O)NO)[C@H](OC(=O)Nc1ccc(C#N)cc1)c1cccc(OCCO)c1. The molecule has 0 fully saturated rings. The molecule has 0 saturated carbocycles. The van der Waals surface area contributed by atoms with Crippen LogP contribution in [0, 0.1) is 16.7 Å². The standard InChI is InChI=1S/C23H25N3O6/c1-23(2,11-10-20(28)26-30)21(17-4-3-5-19(14-17)31-13-12-27)32-22(29)25-18-8-6-16(15-24)7-9-18/h3-11,14,21,27,30H,12-13H2,1-2H3,(H,25,29)(H,26,28)/b11-10+/t21-/m1/s1. The van der Waals surface area contributed by atoms with Gasteiger partial charge >= 0.3 is 6.09 Å². The number of rotatable bonds is 9. The first-order valence-corrected chi connectivity index (χ1v) is 9.74. The van der Waals surface area contributed by atoms with Gasteiger partial charge in [0.05, 0.1) is 18.2 Å². The molecule has 0 heterocycles. The average Bonchev–Trinajstić information content (AvgIpc) is 2.80. The average molecular weight is 439 g/mol. The van der Waals surface area contributed by atoms with Crippen LogP contribution in [0.5, 0.6) is 5.75 Å². The molecule has 0 aliphatic rings. The quantitative estimate of drug-likeness (QED) is 0.267. The summed E-state index contributed by atoms with van der Waals surface area (Å²) in [5, 5.41) is 29.2. The Balaban J connectivity index is 2.30. The Kier molecular flexibility index (Phi) is 8.77. The molecule has 2 rings (SSSR count). The molecular weight excluding hydrogens is 414 g/mol. The third kappa shape index (κ3) is 7.12. The Bertz CT molecular complexity index is 996. The highest BCUT2D eigenvalue weighted by atomic mass is 16.6. The largest absolute Gasteiger partial charge is 0.491 e. The molecule has 0 unspecified atom stereocenters. The van der Waals surface area contributed by atoms with Gasteiger partial charge in [-0.2, -0.15) is 5.26 Å². The highest BCUT2D eigenvalue weighted by molar-refractivity contribution is 5.86. The lowest BCUT2D eigenvalue weighted by molar-refractivity contribution is -0.124. The minimum Gasteiger partial charge on any atom is -0.491 e. The Morgan fingerprint density at radius 2 is 1.94 bits per heavy atom. The number of aliphatic hydroxyl groups is 1. The van der Waals surface area contributed by atoms with Crippen molar-refractivity contribution in [2.75, 3.05) is 18.5 Å². The maximum Gasteiger partial charge on any atom is 0.412 e. The fourth-order valence-electron chi connectivity index (χ4n) is 2.88. The summed E-state index contributed by atoms with van der Waals surface area (Å²) in [6.07, 6.45) is 1.07. The van der Waals surface area contributed by atoms with Crippen molar-refractivity contribution in [2.24, 2.45) is 5.41 Å². The van der Waals surface area contributed by atoms with E-state index in [1.54, 1.807) is 62.4 Å². The number of nitrogens with zero attached hydrogens (tertiary/aromatic N) is 1. The highest BCUT2D eigenvalue weighted by Crippen LogP contribution is 2.39. The van der Waals surface area contributed by atoms with Crippen LogP contribution in [-0.2, 0) is 9.53 Å². The first-order valence-electron chi connectivity index (χ1n) is 9.74. The van der Waals surface area contributed by atoms with E-state index < -0.39 is 23.5 Å². The van der Waals surface area contributed by atoms with Gasteiger partial charge in [0, 0.05) is 17.2 Å². The number of nitrogens with one attached hydrogen (secondary N) is 2. The van der Waals surface area contributed by atoms with E-state index in [0.29, 0.717) is 22.6 Å². The van der Waals surface area contributed by atoms with Crippen molar-refractivity contribution in [3.8, 4) is 11.8 Å². The molecule has 0 aliphatic heterocycles. The number of hydroxylamine groups is 1. The lowest BCUT2D eigenvalue weighted by atomic mass is 9.82. The van der Waals surface area contributed by atoms with E-state index in [1.807, 2.05) is 6.07 Å². The molecule has 168 valence electrons. The molecule has 2 aromatic carbocycles. The smallest absolute Gasteiger partial charge is 0.412 e. The molecule has 32 heavy (non-hydrogen) atoms. The predicted octanol–water partition coefficient (Wildman–Crippen LogP) is 3.31. The zero-order valence-electron chi connectivity index (χ0n) is 17.7. The van der Waals surface area contributed by atoms with Crippen molar-refractivity contribution < 1.29 is 29.4 Å². The van der Waals surface area contributed by atoms with Gasteiger partial charge in [-0.3, -0.25) is 15.3 Å². The zero-order chi connectivity index (χ0) is 23.6. The zero-order valence-corrected chi connectivity index (χ0v) is 17.7. The number of hydrogen-bond donors (Lipinski definition) is 4. The topological polar surface area (TPSA) is 141 Å². The lowest BCUT2D eigenvalue weighted by Crippen LogP contribution is -2.28. The van der Waals surface area contributed by atoms with E-state index in [9.17, 15) is 9.59 Å². The second-order valence-electron chi connectivity index (χ2n) is 7.37. The minimum absolute atomic E-state index is 0.105. The fraction of sp³-hybridized carbons (Fsp3) is 0.261. The summed E-state index contributed by atoms with van der Waals surface area (Å²) in [7, 11) is 0. The number of ether oxygens (including phenoxy) is 2. The molecule has 1 atom stereocenters. The molecular formula is C23H25N3O6.